The summed E-state index contributed by atoms with van der Waals surface area (Å²) in [5, 5.41) is -0.701. The third kappa shape index (κ3) is 3.11. The monoisotopic (exact) mass is 295 g/mol. The first-order chi connectivity index (χ1) is 9.45. The van der Waals surface area contributed by atoms with Crippen LogP contribution in [0, 0.1) is 6.92 Å². The number of benzene rings is 1. The van der Waals surface area contributed by atoms with Crippen molar-refractivity contribution in [1.82, 2.24) is 4.31 Å². The molecule has 2 atom stereocenters. The quantitative estimate of drug-likeness (QED) is 0.801. The molecule has 0 amide bonds. The molecule has 5 heteroatoms. The topological polar surface area (TPSA) is 46.6 Å². The molecule has 1 heterocycles. The molecule has 0 N–H and O–H groups in total. The van der Waals surface area contributed by atoms with Crippen LogP contribution in [-0.2, 0) is 14.8 Å². The standard InChI is InChI=1S/C15H21NO3S/c1-4-15(14-7-5-12(2)6-8-14)20(17,18)16-9-10-19-13(3)11-16/h4-8,13,15H,1,9-11H2,2-3H3. The Morgan fingerprint density at radius 2 is 2.05 bits per heavy atom. The predicted octanol–water partition coefficient (Wildman–Crippen LogP) is 2.27. The lowest BCUT2D eigenvalue weighted by Crippen LogP contribution is -2.45. The summed E-state index contributed by atoms with van der Waals surface area (Å²) in [6.45, 7) is 8.81. The van der Waals surface area contributed by atoms with Crippen molar-refractivity contribution in [2.45, 2.75) is 25.2 Å². The lowest BCUT2D eigenvalue weighted by molar-refractivity contribution is 0.00998. The van der Waals surface area contributed by atoms with E-state index in [4.69, 9.17) is 4.74 Å². The summed E-state index contributed by atoms with van der Waals surface area (Å²) in [7, 11) is -3.44. The molecule has 20 heavy (non-hydrogen) atoms. The molecule has 0 aromatic heterocycles. The van der Waals surface area contributed by atoms with E-state index >= 15 is 0 Å². The van der Waals surface area contributed by atoms with Crippen LogP contribution in [0.5, 0.6) is 0 Å². The van der Waals surface area contributed by atoms with Crippen molar-refractivity contribution in [2.75, 3.05) is 19.7 Å². The molecular weight excluding hydrogens is 274 g/mol. The minimum absolute atomic E-state index is 0.0676. The van der Waals surface area contributed by atoms with Gasteiger partial charge in [0.25, 0.3) is 0 Å². The van der Waals surface area contributed by atoms with Gasteiger partial charge in [-0.25, -0.2) is 8.42 Å². The van der Waals surface area contributed by atoms with Gasteiger partial charge in [0.1, 0.15) is 5.25 Å². The second-order valence-electron chi connectivity index (χ2n) is 5.15. The molecule has 0 saturated carbocycles. The van der Waals surface area contributed by atoms with Gasteiger partial charge in [-0.05, 0) is 19.4 Å². The molecule has 0 bridgehead atoms. The van der Waals surface area contributed by atoms with E-state index in [-0.39, 0.29) is 6.10 Å². The highest BCUT2D eigenvalue weighted by atomic mass is 32.2. The fraction of sp³-hybridized carbons (Fsp3) is 0.467. The Labute approximate surface area is 121 Å². The third-order valence-corrected chi connectivity index (χ3v) is 5.66. The van der Waals surface area contributed by atoms with Crippen LogP contribution in [-0.4, -0.2) is 38.5 Å². The van der Waals surface area contributed by atoms with E-state index in [0.717, 1.165) is 11.1 Å². The molecule has 1 aromatic carbocycles. The van der Waals surface area contributed by atoms with Crippen LogP contribution < -0.4 is 0 Å². The lowest BCUT2D eigenvalue weighted by Gasteiger charge is -2.32. The molecule has 4 nitrogen and oxygen atoms in total. The highest BCUT2D eigenvalue weighted by Gasteiger charge is 2.33. The van der Waals surface area contributed by atoms with Crippen molar-refractivity contribution < 1.29 is 13.2 Å². The summed E-state index contributed by atoms with van der Waals surface area (Å²) in [6.07, 6.45) is 1.43. The number of nitrogens with zero attached hydrogens (tertiary/aromatic N) is 1. The predicted molar refractivity (Wildman–Crippen MR) is 80.0 cm³/mol. The summed E-state index contributed by atoms with van der Waals surface area (Å²) in [5.41, 5.74) is 1.86. The van der Waals surface area contributed by atoms with Gasteiger partial charge in [-0.3, -0.25) is 0 Å². The maximum absolute atomic E-state index is 12.7. The highest BCUT2D eigenvalue weighted by molar-refractivity contribution is 7.89. The van der Waals surface area contributed by atoms with Gasteiger partial charge in [0.05, 0.1) is 12.7 Å². The highest BCUT2D eigenvalue weighted by Crippen LogP contribution is 2.28. The van der Waals surface area contributed by atoms with Crippen molar-refractivity contribution in [2.24, 2.45) is 0 Å². The van der Waals surface area contributed by atoms with Crippen LogP contribution >= 0.6 is 0 Å². The van der Waals surface area contributed by atoms with Crippen LogP contribution in [0.4, 0.5) is 0 Å². The number of sulfonamides is 1. The zero-order chi connectivity index (χ0) is 14.8. The molecule has 1 aliphatic heterocycles. The largest absolute Gasteiger partial charge is 0.376 e. The SMILES string of the molecule is C=CC(c1ccc(C)cc1)S(=O)(=O)N1CCOC(C)C1. The Bertz CT molecular complexity index is 565. The van der Waals surface area contributed by atoms with Crippen molar-refractivity contribution in [3.8, 4) is 0 Å². The summed E-state index contributed by atoms with van der Waals surface area (Å²) in [4.78, 5) is 0. The Morgan fingerprint density at radius 3 is 2.60 bits per heavy atom. The first-order valence-electron chi connectivity index (χ1n) is 6.75. The fourth-order valence-corrected chi connectivity index (χ4v) is 4.18. The van der Waals surface area contributed by atoms with E-state index in [1.54, 1.807) is 0 Å². The van der Waals surface area contributed by atoms with E-state index < -0.39 is 15.3 Å². The van der Waals surface area contributed by atoms with Gasteiger partial charge in [0.15, 0.2) is 0 Å². The molecule has 2 rings (SSSR count). The smallest absolute Gasteiger partial charge is 0.224 e. The van der Waals surface area contributed by atoms with Gasteiger partial charge in [-0.15, -0.1) is 6.58 Å². The van der Waals surface area contributed by atoms with Crippen molar-refractivity contribution in [3.63, 3.8) is 0 Å². The van der Waals surface area contributed by atoms with Crippen molar-refractivity contribution >= 4 is 10.0 Å². The second-order valence-corrected chi connectivity index (χ2v) is 7.21. The minimum Gasteiger partial charge on any atom is -0.376 e. The van der Waals surface area contributed by atoms with E-state index in [2.05, 4.69) is 6.58 Å². The van der Waals surface area contributed by atoms with E-state index in [1.165, 1.54) is 10.4 Å². The van der Waals surface area contributed by atoms with Crippen LogP contribution in [0.2, 0.25) is 0 Å². The number of ether oxygens (including phenoxy) is 1. The number of hydrogen-bond donors (Lipinski definition) is 0. The molecule has 0 radical (unpaired) electrons. The Kier molecular flexibility index (Phi) is 4.62. The molecule has 0 aliphatic carbocycles. The third-order valence-electron chi connectivity index (χ3n) is 3.50. The minimum atomic E-state index is -3.44. The van der Waals surface area contributed by atoms with Crippen LogP contribution in [0.3, 0.4) is 0 Å². The molecule has 110 valence electrons. The first-order valence-corrected chi connectivity index (χ1v) is 8.25. The number of aryl methyl sites for hydroxylation is 1. The van der Waals surface area contributed by atoms with Crippen molar-refractivity contribution in [1.29, 1.82) is 0 Å². The maximum atomic E-state index is 12.7. The summed E-state index contributed by atoms with van der Waals surface area (Å²) in [5.74, 6) is 0. The first kappa shape index (κ1) is 15.2. The fourth-order valence-electron chi connectivity index (χ4n) is 2.36. The van der Waals surface area contributed by atoms with Gasteiger partial charge in [-0.2, -0.15) is 4.31 Å². The summed E-state index contributed by atoms with van der Waals surface area (Å²) >= 11 is 0. The van der Waals surface area contributed by atoms with Gasteiger partial charge >= 0.3 is 0 Å². The molecule has 0 spiro atoms. The molecular formula is C15H21NO3S. The molecule has 1 fully saturated rings. The zero-order valence-electron chi connectivity index (χ0n) is 12.0. The van der Waals surface area contributed by atoms with Gasteiger partial charge < -0.3 is 4.74 Å². The van der Waals surface area contributed by atoms with E-state index in [9.17, 15) is 8.42 Å². The number of morpholine rings is 1. The molecule has 1 saturated heterocycles. The Balaban J connectivity index is 2.29. The van der Waals surface area contributed by atoms with Crippen LogP contribution in [0.15, 0.2) is 36.9 Å². The second kappa shape index (κ2) is 6.08. The van der Waals surface area contributed by atoms with Crippen LogP contribution in [0.25, 0.3) is 0 Å². The van der Waals surface area contributed by atoms with E-state index in [1.807, 2.05) is 38.1 Å². The normalized spacial score (nSPS) is 22.4. The molecule has 1 aliphatic rings. The van der Waals surface area contributed by atoms with Gasteiger partial charge in [0, 0.05) is 13.1 Å². The lowest BCUT2D eigenvalue weighted by atomic mass is 10.1. The van der Waals surface area contributed by atoms with Crippen LogP contribution in [0.1, 0.15) is 23.3 Å². The van der Waals surface area contributed by atoms with Gasteiger partial charge in [0.2, 0.25) is 10.0 Å². The number of rotatable bonds is 4. The molecule has 1 aromatic rings. The zero-order valence-corrected chi connectivity index (χ0v) is 12.8. The average Bonchev–Trinajstić information content (AvgIpc) is 2.41. The van der Waals surface area contributed by atoms with Crippen molar-refractivity contribution in [3.05, 3.63) is 48.0 Å². The Hall–Kier alpha value is -1.17. The summed E-state index contributed by atoms with van der Waals surface area (Å²) < 4.78 is 32.4. The molecule has 2 unspecified atom stereocenters. The summed E-state index contributed by atoms with van der Waals surface area (Å²) in [6, 6.07) is 7.54. The van der Waals surface area contributed by atoms with Gasteiger partial charge in [-0.1, -0.05) is 35.9 Å². The maximum Gasteiger partial charge on any atom is 0.224 e. The van der Waals surface area contributed by atoms with E-state index in [0.29, 0.717) is 19.7 Å². The Morgan fingerprint density at radius 1 is 1.40 bits per heavy atom. The number of hydrogen-bond acceptors (Lipinski definition) is 3. The average molecular weight is 295 g/mol.